The summed E-state index contributed by atoms with van der Waals surface area (Å²) in [5.41, 5.74) is 1.87. The Bertz CT molecular complexity index is 1000. The van der Waals surface area contributed by atoms with Crippen molar-refractivity contribution in [2.75, 3.05) is 32.3 Å². The van der Waals surface area contributed by atoms with E-state index in [1.165, 1.54) is 23.5 Å². The largest absolute Gasteiger partial charge is 0.497 e. The first-order valence-corrected chi connectivity index (χ1v) is 9.56. The highest BCUT2D eigenvalue weighted by Crippen LogP contribution is 2.29. The lowest BCUT2D eigenvalue weighted by molar-refractivity contribution is -0.384. The lowest BCUT2D eigenvalue weighted by atomic mass is 10.1. The summed E-state index contributed by atoms with van der Waals surface area (Å²) in [5.74, 6) is 0.374. The van der Waals surface area contributed by atoms with Gasteiger partial charge in [0, 0.05) is 35.7 Å². The van der Waals surface area contributed by atoms with Crippen LogP contribution in [0.5, 0.6) is 5.75 Å². The van der Waals surface area contributed by atoms with Gasteiger partial charge in [0.1, 0.15) is 5.75 Å². The number of nitrogens with zero attached hydrogens (tertiary/aromatic N) is 3. The first kappa shape index (κ1) is 20.4. The minimum absolute atomic E-state index is 0.0131. The Balaban J connectivity index is 1.89. The molecule has 0 N–H and O–H groups in total. The summed E-state index contributed by atoms with van der Waals surface area (Å²) in [7, 11) is 3.11. The standard InChI is InChI=1S/C20H19N3O5S/c1-27-11-10-22(19(24)15-4-3-5-17(12-15)28-2)20-21-18(13-29-20)14-6-8-16(9-7-14)23(25)26/h3-9,12-13H,10-11H2,1-2H3. The summed E-state index contributed by atoms with van der Waals surface area (Å²) >= 11 is 1.32. The molecule has 0 aliphatic rings. The van der Waals surface area contributed by atoms with E-state index in [0.717, 1.165) is 5.56 Å². The summed E-state index contributed by atoms with van der Waals surface area (Å²) < 4.78 is 10.3. The van der Waals surface area contributed by atoms with Gasteiger partial charge in [-0.15, -0.1) is 11.3 Å². The molecule has 8 nitrogen and oxygen atoms in total. The fourth-order valence-electron chi connectivity index (χ4n) is 2.65. The fourth-order valence-corrected chi connectivity index (χ4v) is 3.51. The van der Waals surface area contributed by atoms with Crippen molar-refractivity contribution >= 4 is 28.1 Å². The molecule has 0 atom stereocenters. The van der Waals surface area contributed by atoms with Gasteiger partial charge in [-0.1, -0.05) is 6.07 Å². The van der Waals surface area contributed by atoms with Crippen molar-refractivity contribution in [3.8, 4) is 17.0 Å². The number of rotatable bonds is 8. The average molecular weight is 413 g/mol. The molecule has 0 bridgehead atoms. The molecule has 9 heteroatoms. The molecule has 0 radical (unpaired) electrons. The van der Waals surface area contributed by atoms with Crippen LogP contribution in [-0.2, 0) is 4.74 Å². The minimum Gasteiger partial charge on any atom is -0.497 e. The summed E-state index contributed by atoms with van der Waals surface area (Å²) in [4.78, 5) is 29.6. The average Bonchev–Trinajstić information content (AvgIpc) is 3.24. The van der Waals surface area contributed by atoms with Gasteiger partial charge in [0.2, 0.25) is 0 Å². The van der Waals surface area contributed by atoms with Crippen LogP contribution >= 0.6 is 11.3 Å². The maximum Gasteiger partial charge on any atom is 0.269 e. The van der Waals surface area contributed by atoms with Gasteiger partial charge in [-0.3, -0.25) is 19.8 Å². The number of ether oxygens (including phenoxy) is 2. The van der Waals surface area contributed by atoms with Crippen molar-refractivity contribution in [1.82, 2.24) is 4.98 Å². The van der Waals surface area contributed by atoms with Gasteiger partial charge in [0.15, 0.2) is 5.13 Å². The Kier molecular flexibility index (Phi) is 6.53. The molecule has 1 aromatic heterocycles. The van der Waals surface area contributed by atoms with Gasteiger partial charge < -0.3 is 9.47 Å². The number of methoxy groups -OCH3 is 2. The Hall–Kier alpha value is -3.30. The smallest absolute Gasteiger partial charge is 0.269 e. The molecule has 3 aromatic rings. The maximum absolute atomic E-state index is 13.1. The Morgan fingerprint density at radius 1 is 1.21 bits per heavy atom. The number of thiazole rings is 1. The van der Waals surface area contributed by atoms with Crippen LogP contribution in [0.15, 0.2) is 53.9 Å². The minimum atomic E-state index is -0.449. The number of hydrogen-bond donors (Lipinski definition) is 0. The van der Waals surface area contributed by atoms with Gasteiger partial charge in [0.25, 0.3) is 11.6 Å². The number of hydrogen-bond acceptors (Lipinski definition) is 7. The molecule has 1 amide bonds. The first-order valence-electron chi connectivity index (χ1n) is 8.68. The zero-order valence-corrected chi connectivity index (χ0v) is 16.7. The quantitative estimate of drug-likeness (QED) is 0.409. The van der Waals surface area contributed by atoms with Crippen LogP contribution in [0.25, 0.3) is 11.3 Å². The van der Waals surface area contributed by atoms with Crippen LogP contribution in [0.3, 0.4) is 0 Å². The molecular weight excluding hydrogens is 394 g/mol. The van der Waals surface area contributed by atoms with Gasteiger partial charge in [-0.2, -0.15) is 0 Å². The van der Waals surface area contributed by atoms with E-state index in [0.29, 0.717) is 35.3 Å². The van der Waals surface area contributed by atoms with Crippen LogP contribution < -0.4 is 9.64 Å². The number of non-ortho nitro benzene ring substituents is 1. The van der Waals surface area contributed by atoms with Gasteiger partial charge in [0.05, 0.1) is 30.9 Å². The van der Waals surface area contributed by atoms with Gasteiger partial charge in [-0.25, -0.2) is 4.98 Å². The summed E-state index contributed by atoms with van der Waals surface area (Å²) in [6, 6.07) is 13.1. The summed E-state index contributed by atoms with van der Waals surface area (Å²) in [6.45, 7) is 0.682. The van der Waals surface area contributed by atoms with Crippen molar-refractivity contribution in [2.45, 2.75) is 0 Å². The third kappa shape index (κ3) is 4.76. The molecule has 0 saturated heterocycles. The highest BCUT2D eigenvalue weighted by Gasteiger charge is 2.21. The highest BCUT2D eigenvalue weighted by molar-refractivity contribution is 7.14. The normalized spacial score (nSPS) is 10.6. The number of nitro benzene ring substituents is 1. The molecule has 1 heterocycles. The van der Waals surface area contributed by atoms with Crippen LogP contribution in [-0.4, -0.2) is 43.2 Å². The zero-order chi connectivity index (χ0) is 20.8. The van der Waals surface area contributed by atoms with Crippen molar-refractivity contribution in [2.24, 2.45) is 0 Å². The van der Waals surface area contributed by atoms with E-state index in [1.54, 1.807) is 55.5 Å². The third-order valence-corrected chi connectivity index (χ3v) is 5.04. The van der Waals surface area contributed by atoms with Gasteiger partial charge >= 0.3 is 0 Å². The highest BCUT2D eigenvalue weighted by atomic mass is 32.1. The molecular formula is C20H19N3O5S. The number of carbonyl (C=O) groups excluding carboxylic acids is 1. The second-order valence-corrected chi connectivity index (χ2v) is 6.84. The predicted octanol–water partition coefficient (Wildman–Crippen LogP) is 4.02. The molecule has 0 fully saturated rings. The topological polar surface area (TPSA) is 94.8 Å². The van der Waals surface area contributed by atoms with Crippen molar-refractivity contribution in [3.05, 3.63) is 69.6 Å². The molecule has 3 rings (SSSR count). The number of benzene rings is 2. The fraction of sp³-hybridized carbons (Fsp3) is 0.200. The molecule has 0 saturated carbocycles. The molecule has 0 unspecified atom stereocenters. The molecule has 2 aromatic carbocycles. The van der Waals surface area contributed by atoms with Crippen molar-refractivity contribution in [3.63, 3.8) is 0 Å². The molecule has 0 spiro atoms. The Labute approximate surface area is 171 Å². The second-order valence-electron chi connectivity index (χ2n) is 6.00. The van der Waals surface area contributed by atoms with E-state index < -0.39 is 4.92 Å². The molecule has 0 aliphatic heterocycles. The lowest BCUT2D eigenvalue weighted by Gasteiger charge is -2.19. The summed E-state index contributed by atoms with van der Waals surface area (Å²) in [5, 5.41) is 13.2. The monoisotopic (exact) mass is 413 g/mol. The van der Waals surface area contributed by atoms with E-state index in [4.69, 9.17) is 9.47 Å². The van der Waals surface area contributed by atoms with E-state index in [2.05, 4.69) is 4.98 Å². The van der Waals surface area contributed by atoms with Crippen LogP contribution in [0.4, 0.5) is 10.8 Å². The van der Waals surface area contributed by atoms with Crippen LogP contribution in [0.1, 0.15) is 10.4 Å². The van der Waals surface area contributed by atoms with Crippen molar-refractivity contribution < 1.29 is 19.2 Å². The van der Waals surface area contributed by atoms with E-state index in [-0.39, 0.29) is 11.6 Å². The SMILES string of the molecule is COCCN(C(=O)c1cccc(OC)c1)c1nc(-c2ccc([N+](=O)[O-])cc2)cs1. The number of nitro groups is 1. The van der Waals surface area contributed by atoms with E-state index in [9.17, 15) is 14.9 Å². The molecule has 150 valence electrons. The Morgan fingerprint density at radius 2 is 1.97 bits per heavy atom. The van der Waals surface area contributed by atoms with E-state index in [1.807, 2.05) is 5.38 Å². The molecule has 29 heavy (non-hydrogen) atoms. The number of anilines is 1. The second kappa shape index (κ2) is 9.26. The van der Waals surface area contributed by atoms with Gasteiger partial charge in [-0.05, 0) is 30.3 Å². The van der Waals surface area contributed by atoms with Crippen LogP contribution in [0.2, 0.25) is 0 Å². The summed E-state index contributed by atoms with van der Waals surface area (Å²) in [6.07, 6.45) is 0. The number of amides is 1. The zero-order valence-electron chi connectivity index (χ0n) is 15.9. The predicted molar refractivity (Wildman–Crippen MR) is 111 cm³/mol. The first-order chi connectivity index (χ1) is 14.0. The van der Waals surface area contributed by atoms with Crippen LogP contribution in [0, 0.1) is 10.1 Å². The van der Waals surface area contributed by atoms with E-state index >= 15 is 0 Å². The lowest BCUT2D eigenvalue weighted by Crippen LogP contribution is -2.33. The molecule has 0 aliphatic carbocycles. The third-order valence-electron chi connectivity index (χ3n) is 4.18. The number of carbonyl (C=O) groups is 1. The maximum atomic E-state index is 13.1. The Morgan fingerprint density at radius 3 is 2.62 bits per heavy atom. The van der Waals surface area contributed by atoms with Crippen molar-refractivity contribution in [1.29, 1.82) is 0 Å². The number of aromatic nitrogens is 1.